The summed E-state index contributed by atoms with van der Waals surface area (Å²) in [6.07, 6.45) is -2.79. The molecule has 1 nitrogen and oxygen atoms in total. The van der Waals surface area contributed by atoms with E-state index in [9.17, 15) is 18.0 Å². The van der Waals surface area contributed by atoms with E-state index >= 15 is 0 Å². The summed E-state index contributed by atoms with van der Waals surface area (Å²) in [5, 5.41) is 0. The molecule has 0 aromatic heterocycles. The van der Waals surface area contributed by atoms with Crippen molar-refractivity contribution in [3.63, 3.8) is 0 Å². The molecule has 0 fully saturated rings. The van der Waals surface area contributed by atoms with Crippen LogP contribution >= 0.6 is 0 Å². The van der Waals surface area contributed by atoms with Gasteiger partial charge in [0.15, 0.2) is 0 Å². The van der Waals surface area contributed by atoms with Gasteiger partial charge in [0.2, 0.25) is 0 Å². The monoisotopic (exact) mass is 278 g/mol. The van der Waals surface area contributed by atoms with Crippen LogP contribution in [0.15, 0.2) is 48.5 Å². The zero-order valence-corrected chi connectivity index (χ0v) is 10.7. The van der Waals surface area contributed by atoms with Crippen molar-refractivity contribution in [2.24, 2.45) is 0 Å². The van der Waals surface area contributed by atoms with Gasteiger partial charge in [-0.25, -0.2) is 0 Å². The number of rotatable bonds is 4. The molecule has 4 heteroatoms. The van der Waals surface area contributed by atoms with Crippen LogP contribution in [0.25, 0.3) is 0 Å². The molecule has 0 N–H and O–H groups in total. The Hall–Kier alpha value is -2.10. The first-order valence-corrected chi connectivity index (χ1v) is 6.16. The molecule has 0 spiro atoms. The Kier molecular flexibility index (Phi) is 4.23. The zero-order valence-electron chi connectivity index (χ0n) is 10.7. The first-order valence-electron chi connectivity index (χ1n) is 6.16. The Balaban J connectivity index is 2.21. The summed E-state index contributed by atoms with van der Waals surface area (Å²) in [5.41, 5.74) is 1.72. The molecule has 104 valence electrons. The van der Waals surface area contributed by atoms with Gasteiger partial charge in [-0.2, -0.15) is 13.2 Å². The van der Waals surface area contributed by atoms with Gasteiger partial charge in [-0.05, 0) is 29.2 Å². The second kappa shape index (κ2) is 5.90. The summed E-state index contributed by atoms with van der Waals surface area (Å²) in [5.74, 6) is 0. The van der Waals surface area contributed by atoms with Crippen molar-refractivity contribution in [3.05, 3.63) is 70.8 Å². The summed E-state index contributed by atoms with van der Waals surface area (Å²) in [6, 6.07) is 12.6. The summed E-state index contributed by atoms with van der Waals surface area (Å²) in [4.78, 5) is 10.5. The molecule has 2 rings (SSSR count). The molecule has 20 heavy (non-hydrogen) atoms. The van der Waals surface area contributed by atoms with Gasteiger partial charge < -0.3 is 4.79 Å². The van der Waals surface area contributed by atoms with E-state index in [0.29, 0.717) is 18.4 Å². The molecule has 2 aromatic rings. The number of carbonyl (C=O) groups excluding carboxylic acids is 1. The minimum Gasteiger partial charge on any atom is -0.303 e. The quantitative estimate of drug-likeness (QED) is 0.771. The maximum Gasteiger partial charge on any atom is 0.416 e. The van der Waals surface area contributed by atoms with Gasteiger partial charge in [0.25, 0.3) is 0 Å². The smallest absolute Gasteiger partial charge is 0.303 e. The fourth-order valence-electron chi connectivity index (χ4n) is 2.06. The van der Waals surface area contributed by atoms with Gasteiger partial charge in [-0.1, -0.05) is 42.5 Å². The molecule has 0 unspecified atom stereocenters. The predicted molar refractivity (Wildman–Crippen MR) is 70.5 cm³/mol. The Morgan fingerprint density at radius 2 is 1.50 bits per heavy atom. The normalized spacial score (nSPS) is 11.3. The maximum absolute atomic E-state index is 12.6. The molecule has 0 amide bonds. The molecule has 2 aromatic carbocycles. The summed E-state index contributed by atoms with van der Waals surface area (Å²) in [7, 11) is 0. The highest BCUT2D eigenvalue weighted by molar-refractivity contribution is 5.55. The molecule has 0 radical (unpaired) electrons. The van der Waals surface area contributed by atoms with E-state index in [4.69, 9.17) is 0 Å². The van der Waals surface area contributed by atoms with Gasteiger partial charge in [-0.15, -0.1) is 0 Å². The molecule has 0 atom stereocenters. The van der Waals surface area contributed by atoms with Crippen LogP contribution in [-0.4, -0.2) is 6.29 Å². The van der Waals surface area contributed by atoms with Crippen LogP contribution in [0.5, 0.6) is 0 Å². The highest BCUT2D eigenvalue weighted by Gasteiger charge is 2.30. The number of hydrogen-bond donors (Lipinski definition) is 0. The average molecular weight is 278 g/mol. The van der Waals surface area contributed by atoms with Crippen molar-refractivity contribution in [2.45, 2.75) is 19.0 Å². The standard InChI is InChI=1S/C16H13F3O/c17-16(18,19)15-6-2-5-14(11-15)10-13-4-1-3-12(9-13)7-8-20/h1-6,8-9,11H,7,10H2. The number of aldehydes is 1. The lowest BCUT2D eigenvalue weighted by atomic mass is 10.0. The number of carbonyl (C=O) groups is 1. The van der Waals surface area contributed by atoms with E-state index in [1.54, 1.807) is 6.07 Å². The highest BCUT2D eigenvalue weighted by Crippen LogP contribution is 2.30. The third-order valence-corrected chi connectivity index (χ3v) is 2.97. The number of alkyl halides is 3. The lowest BCUT2D eigenvalue weighted by Crippen LogP contribution is -2.05. The minimum absolute atomic E-state index is 0.316. The largest absolute Gasteiger partial charge is 0.416 e. The Bertz CT molecular complexity index is 603. The van der Waals surface area contributed by atoms with Crippen LogP contribution in [0.2, 0.25) is 0 Å². The molecular formula is C16H13F3O. The third kappa shape index (κ3) is 3.70. The van der Waals surface area contributed by atoms with Crippen LogP contribution in [0.4, 0.5) is 13.2 Å². The van der Waals surface area contributed by atoms with Crippen LogP contribution in [0, 0.1) is 0 Å². The topological polar surface area (TPSA) is 17.1 Å². The Morgan fingerprint density at radius 3 is 2.15 bits per heavy atom. The zero-order chi connectivity index (χ0) is 14.6. The highest BCUT2D eigenvalue weighted by atomic mass is 19.4. The van der Waals surface area contributed by atoms with Crippen molar-refractivity contribution in [3.8, 4) is 0 Å². The van der Waals surface area contributed by atoms with Gasteiger partial charge in [-0.3, -0.25) is 0 Å². The van der Waals surface area contributed by atoms with E-state index < -0.39 is 11.7 Å². The average Bonchev–Trinajstić information content (AvgIpc) is 2.39. The third-order valence-electron chi connectivity index (χ3n) is 2.97. The van der Waals surface area contributed by atoms with E-state index in [-0.39, 0.29) is 0 Å². The van der Waals surface area contributed by atoms with Crippen LogP contribution in [0.1, 0.15) is 22.3 Å². The van der Waals surface area contributed by atoms with Crippen molar-refractivity contribution >= 4 is 6.29 Å². The van der Waals surface area contributed by atoms with Crippen LogP contribution in [0.3, 0.4) is 0 Å². The number of hydrogen-bond acceptors (Lipinski definition) is 1. The van der Waals surface area contributed by atoms with E-state index in [1.165, 1.54) is 6.07 Å². The second-order valence-electron chi connectivity index (χ2n) is 4.57. The van der Waals surface area contributed by atoms with Crippen molar-refractivity contribution in [2.75, 3.05) is 0 Å². The lowest BCUT2D eigenvalue weighted by molar-refractivity contribution is -0.137. The molecule has 0 saturated heterocycles. The Morgan fingerprint density at radius 1 is 0.900 bits per heavy atom. The van der Waals surface area contributed by atoms with E-state index in [2.05, 4.69) is 0 Å². The van der Waals surface area contributed by atoms with Gasteiger partial charge in [0.1, 0.15) is 6.29 Å². The first kappa shape index (κ1) is 14.3. The molecule has 0 bridgehead atoms. The summed E-state index contributed by atoms with van der Waals surface area (Å²) >= 11 is 0. The summed E-state index contributed by atoms with van der Waals surface area (Å²) in [6.45, 7) is 0. The number of benzene rings is 2. The molecule has 0 aliphatic heterocycles. The van der Waals surface area contributed by atoms with Crippen molar-refractivity contribution in [1.82, 2.24) is 0 Å². The SMILES string of the molecule is O=CCc1cccc(Cc2cccc(C(F)(F)F)c2)c1. The van der Waals surface area contributed by atoms with E-state index in [1.807, 2.05) is 24.3 Å². The first-order chi connectivity index (χ1) is 9.49. The van der Waals surface area contributed by atoms with Crippen LogP contribution < -0.4 is 0 Å². The number of halogens is 3. The van der Waals surface area contributed by atoms with Gasteiger partial charge in [0, 0.05) is 6.42 Å². The molecule has 0 aliphatic rings. The van der Waals surface area contributed by atoms with Crippen LogP contribution in [-0.2, 0) is 23.8 Å². The minimum atomic E-state index is -4.32. The second-order valence-corrected chi connectivity index (χ2v) is 4.57. The fourth-order valence-corrected chi connectivity index (χ4v) is 2.06. The lowest BCUT2D eigenvalue weighted by Gasteiger charge is -2.09. The fraction of sp³-hybridized carbons (Fsp3) is 0.188. The van der Waals surface area contributed by atoms with Crippen molar-refractivity contribution < 1.29 is 18.0 Å². The van der Waals surface area contributed by atoms with Gasteiger partial charge in [0.05, 0.1) is 5.56 Å². The molecule has 0 aliphatic carbocycles. The molecular weight excluding hydrogens is 265 g/mol. The van der Waals surface area contributed by atoms with Gasteiger partial charge >= 0.3 is 6.18 Å². The molecule has 0 heterocycles. The summed E-state index contributed by atoms with van der Waals surface area (Å²) < 4.78 is 37.9. The molecule has 0 saturated carbocycles. The predicted octanol–water partition coefficient (Wildman–Crippen LogP) is 4.04. The maximum atomic E-state index is 12.6. The van der Waals surface area contributed by atoms with E-state index in [0.717, 1.165) is 29.5 Å². The van der Waals surface area contributed by atoms with Crippen molar-refractivity contribution in [1.29, 1.82) is 0 Å². The Labute approximate surface area is 115 Å².